The van der Waals surface area contributed by atoms with Gasteiger partial charge in [-0.05, 0) is 91.9 Å². The van der Waals surface area contributed by atoms with Gasteiger partial charge < -0.3 is 9.64 Å². The highest BCUT2D eigenvalue weighted by Gasteiger charge is 2.68. The summed E-state index contributed by atoms with van der Waals surface area (Å²) in [6, 6.07) is 0. The van der Waals surface area contributed by atoms with Gasteiger partial charge in [0.05, 0.1) is 5.33 Å². The normalized spacial score (nSPS) is 37.4. The average Bonchev–Trinajstić information content (AvgIpc) is 3.14. The Bertz CT molecular complexity index is 1110. The first-order valence-corrected chi connectivity index (χ1v) is 14.5. The molecule has 5 aliphatic carbocycles. The number of rotatable bonds is 5. The number of carbonyl (C=O) groups excluding carboxylic acids is 3. The number of allylic oxidation sites excluding steroid dienone is 7. The Kier molecular flexibility index (Phi) is 6.72. The van der Waals surface area contributed by atoms with Crippen LogP contribution in [-0.4, -0.2) is 47.5 Å². The van der Waals surface area contributed by atoms with E-state index in [9.17, 15) is 14.4 Å². The molecule has 5 rings (SSSR count). The zero-order valence-corrected chi connectivity index (χ0v) is 23.5. The van der Waals surface area contributed by atoms with Gasteiger partial charge in [0.25, 0.3) is 0 Å². The van der Waals surface area contributed by atoms with E-state index >= 15 is 0 Å². The fourth-order valence-electron chi connectivity index (χ4n) is 8.39. The fourth-order valence-corrected chi connectivity index (χ4v) is 8.84. The van der Waals surface area contributed by atoms with E-state index in [1.807, 2.05) is 6.08 Å². The fraction of sp³-hybridized carbons (Fsp3) is 0.633. The van der Waals surface area contributed by atoms with Gasteiger partial charge in [-0.3, -0.25) is 14.4 Å². The SMILES string of the molecule is CC(=O)O[C@]1(C(=O)CBr)CCC2C3CCC4=CC(=O)CCC4=C3C(C3C=CC(N(C)C)=CC3)CC21C. The Balaban J connectivity index is 1.63. The molecule has 2 fully saturated rings. The van der Waals surface area contributed by atoms with E-state index in [2.05, 4.69) is 60.1 Å². The minimum atomic E-state index is -1.08. The largest absolute Gasteiger partial charge is 0.451 e. The van der Waals surface area contributed by atoms with Gasteiger partial charge in [0.2, 0.25) is 0 Å². The maximum Gasteiger partial charge on any atom is 0.303 e. The lowest BCUT2D eigenvalue weighted by atomic mass is 9.49. The van der Waals surface area contributed by atoms with E-state index in [4.69, 9.17) is 4.74 Å². The Morgan fingerprint density at radius 3 is 2.58 bits per heavy atom. The van der Waals surface area contributed by atoms with Crippen molar-refractivity contribution in [3.05, 3.63) is 46.7 Å². The van der Waals surface area contributed by atoms with Crippen LogP contribution in [0.4, 0.5) is 0 Å². The van der Waals surface area contributed by atoms with Crippen LogP contribution in [0.5, 0.6) is 0 Å². The van der Waals surface area contributed by atoms with Gasteiger partial charge in [-0.1, -0.05) is 40.6 Å². The number of esters is 1. The Labute approximate surface area is 223 Å². The maximum atomic E-state index is 13.5. The number of nitrogens with zero attached hydrogens (tertiary/aromatic N) is 1. The topological polar surface area (TPSA) is 63.7 Å². The zero-order valence-electron chi connectivity index (χ0n) is 21.9. The number of hydrogen-bond donors (Lipinski definition) is 0. The van der Waals surface area contributed by atoms with Crippen LogP contribution in [0.25, 0.3) is 0 Å². The number of hydrogen-bond acceptors (Lipinski definition) is 5. The highest BCUT2D eigenvalue weighted by atomic mass is 79.9. The average molecular weight is 557 g/mol. The van der Waals surface area contributed by atoms with Gasteiger partial charge in [0.15, 0.2) is 17.2 Å². The van der Waals surface area contributed by atoms with Gasteiger partial charge in [-0.15, -0.1) is 0 Å². The summed E-state index contributed by atoms with van der Waals surface area (Å²) in [6.45, 7) is 3.66. The number of fused-ring (bicyclic) bond motifs is 4. The van der Waals surface area contributed by atoms with Crippen molar-refractivity contribution in [2.45, 2.75) is 70.8 Å². The summed E-state index contributed by atoms with van der Waals surface area (Å²) >= 11 is 3.41. The summed E-state index contributed by atoms with van der Waals surface area (Å²) in [4.78, 5) is 40.3. The second-order valence-corrected chi connectivity index (χ2v) is 12.4. The Morgan fingerprint density at radius 1 is 1.17 bits per heavy atom. The van der Waals surface area contributed by atoms with Crippen LogP contribution in [0.3, 0.4) is 0 Å². The van der Waals surface area contributed by atoms with Crippen molar-refractivity contribution in [1.29, 1.82) is 0 Å². The third-order valence-corrected chi connectivity index (χ3v) is 10.4. The lowest BCUT2D eigenvalue weighted by Crippen LogP contribution is -2.59. The van der Waals surface area contributed by atoms with Crippen molar-refractivity contribution < 1.29 is 19.1 Å². The van der Waals surface area contributed by atoms with Gasteiger partial charge in [-0.2, -0.15) is 0 Å². The molecule has 0 aromatic carbocycles. The highest BCUT2D eigenvalue weighted by Crippen LogP contribution is 2.67. The first-order valence-electron chi connectivity index (χ1n) is 13.4. The third kappa shape index (κ3) is 3.90. The van der Waals surface area contributed by atoms with Crippen LogP contribution in [0, 0.1) is 29.1 Å². The standard InChI is InChI=1S/C30H38BrNO4/c1-18(33)36-30(27(35)17-31)14-13-26-24-11-7-20-15-22(34)10-12-23(20)28(24)25(16-29(26,30)2)19-5-8-21(9-6-19)32(3)4/h5,8-9,15,19,24-26H,6-7,10-14,16-17H2,1-4H3/t19?,24?,25?,26?,29?,30-/m0/s1. The summed E-state index contributed by atoms with van der Waals surface area (Å²) in [5, 5.41) is 0.194. The van der Waals surface area contributed by atoms with Crippen molar-refractivity contribution >= 4 is 33.5 Å². The van der Waals surface area contributed by atoms with E-state index in [1.54, 1.807) is 5.57 Å². The number of carbonyl (C=O) groups is 3. The van der Waals surface area contributed by atoms with Crippen LogP contribution in [0.1, 0.15) is 65.2 Å². The summed E-state index contributed by atoms with van der Waals surface area (Å²) in [5.74, 6) is 1.10. The molecule has 0 heterocycles. The van der Waals surface area contributed by atoms with Crippen molar-refractivity contribution in [2.75, 3.05) is 19.4 Å². The monoisotopic (exact) mass is 555 g/mol. The summed E-state index contributed by atoms with van der Waals surface area (Å²) in [7, 11) is 4.14. The molecule has 5 aliphatic rings. The predicted octanol–water partition coefficient (Wildman–Crippen LogP) is 5.71. The molecule has 5 unspecified atom stereocenters. The summed E-state index contributed by atoms with van der Waals surface area (Å²) in [6.07, 6.45) is 15.4. The molecule has 194 valence electrons. The number of ether oxygens (including phenoxy) is 1. The highest BCUT2D eigenvalue weighted by molar-refractivity contribution is 9.09. The number of likely N-dealkylation sites (N-methyl/N-ethyl adjacent to an activating group) is 1. The lowest BCUT2D eigenvalue weighted by molar-refractivity contribution is -0.183. The van der Waals surface area contributed by atoms with Crippen LogP contribution in [-0.2, 0) is 19.1 Å². The van der Waals surface area contributed by atoms with Crippen molar-refractivity contribution in [3.63, 3.8) is 0 Å². The van der Waals surface area contributed by atoms with Gasteiger partial charge in [0.1, 0.15) is 0 Å². The summed E-state index contributed by atoms with van der Waals surface area (Å²) < 4.78 is 6.08. The van der Waals surface area contributed by atoms with E-state index in [1.165, 1.54) is 23.8 Å². The Morgan fingerprint density at radius 2 is 1.94 bits per heavy atom. The molecular formula is C30H38BrNO4. The molecule has 0 N–H and O–H groups in total. The molecule has 0 saturated heterocycles. The smallest absolute Gasteiger partial charge is 0.303 e. The van der Waals surface area contributed by atoms with E-state index < -0.39 is 11.0 Å². The molecule has 0 spiro atoms. The maximum absolute atomic E-state index is 13.5. The molecule has 0 aromatic heterocycles. The van der Waals surface area contributed by atoms with E-state index in [0.717, 1.165) is 38.5 Å². The lowest BCUT2D eigenvalue weighted by Gasteiger charge is -2.56. The number of Topliss-reactive ketones (excluding diaryl/α,β-unsaturated/α-hetero) is 1. The zero-order chi connectivity index (χ0) is 25.8. The van der Waals surface area contributed by atoms with Crippen molar-refractivity contribution in [1.82, 2.24) is 4.90 Å². The van der Waals surface area contributed by atoms with Crippen LogP contribution >= 0.6 is 15.9 Å². The second-order valence-electron chi connectivity index (χ2n) is 11.8. The number of alkyl halides is 1. The molecule has 36 heavy (non-hydrogen) atoms. The van der Waals surface area contributed by atoms with Gasteiger partial charge in [0, 0.05) is 38.6 Å². The molecule has 6 heteroatoms. The minimum Gasteiger partial charge on any atom is -0.451 e. The molecule has 0 bridgehead atoms. The molecule has 0 aromatic rings. The van der Waals surface area contributed by atoms with Crippen LogP contribution in [0.2, 0.25) is 0 Å². The van der Waals surface area contributed by atoms with E-state index in [-0.39, 0.29) is 28.8 Å². The van der Waals surface area contributed by atoms with Gasteiger partial charge >= 0.3 is 5.97 Å². The first kappa shape index (κ1) is 25.7. The first-order chi connectivity index (χ1) is 17.1. The van der Waals surface area contributed by atoms with Crippen molar-refractivity contribution in [3.8, 4) is 0 Å². The molecular weight excluding hydrogens is 518 g/mol. The summed E-state index contributed by atoms with van der Waals surface area (Å²) in [5.41, 5.74) is 3.93. The van der Waals surface area contributed by atoms with Gasteiger partial charge in [-0.25, -0.2) is 0 Å². The van der Waals surface area contributed by atoms with E-state index in [0.29, 0.717) is 30.6 Å². The minimum absolute atomic E-state index is 0.00816. The Hall–Kier alpha value is -1.95. The van der Waals surface area contributed by atoms with Crippen LogP contribution < -0.4 is 0 Å². The molecule has 5 nitrogen and oxygen atoms in total. The molecule has 2 saturated carbocycles. The second kappa shape index (κ2) is 9.41. The quantitative estimate of drug-likeness (QED) is 0.321. The third-order valence-electron chi connectivity index (χ3n) is 9.93. The molecule has 6 atom stereocenters. The molecule has 0 aliphatic heterocycles. The molecule has 0 radical (unpaired) electrons. The number of halogens is 1. The van der Waals surface area contributed by atoms with Crippen molar-refractivity contribution in [2.24, 2.45) is 29.1 Å². The predicted molar refractivity (Wildman–Crippen MR) is 143 cm³/mol. The molecule has 0 amide bonds. The van der Waals surface area contributed by atoms with Crippen LogP contribution in [0.15, 0.2) is 46.7 Å². The number of ketones is 2.